The number of benzene rings is 1. The second-order valence-corrected chi connectivity index (χ2v) is 8.00. The van der Waals surface area contributed by atoms with E-state index in [1.54, 1.807) is 0 Å². The normalized spacial score (nSPS) is 17.6. The fourth-order valence-electron chi connectivity index (χ4n) is 2.86. The van der Waals surface area contributed by atoms with Crippen LogP contribution in [0.25, 0.3) is 0 Å². The van der Waals surface area contributed by atoms with E-state index in [-0.39, 0.29) is 11.8 Å². The van der Waals surface area contributed by atoms with Gasteiger partial charge in [-0.25, -0.2) is 0 Å². The van der Waals surface area contributed by atoms with Crippen molar-refractivity contribution >= 4 is 23.6 Å². The molecule has 26 heavy (non-hydrogen) atoms. The average molecular weight is 377 g/mol. The maximum absolute atomic E-state index is 11.6. The van der Waals surface area contributed by atoms with Gasteiger partial charge in [0, 0.05) is 42.7 Å². The molecule has 1 heterocycles. The first-order chi connectivity index (χ1) is 12.6. The van der Waals surface area contributed by atoms with Crippen molar-refractivity contribution in [2.24, 2.45) is 16.8 Å². The van der Waals surface area contributed by atoms with Crippen LogP contribution < -0.4 is 10.6 Å². The molecule has 1 saturated heterocycles. The monoisotopic (exact) mass is 376 g/mol. The van der Waals surface area contributed by atoms with Crippen LogP contribution in [0.15, 0.2) is 40.2 Å². The van der Waals surface area contributed by atoms with Crippen molar-refractivity contribution < 1.29 is 4.79 Å². The Bertz CT molecular complexity index is 576. The van der Waals surface area contributed by atoms with Gasteiger partial charge in [0.2, 0.25) is 5.91 Å². The maximum atomic E-state index is 11.6. The molecule has 1 aromatic carbocycles. The van der Waals surface area contributed by atoms with Gasteiger partial charge in [-0.2, -0.15) is 0 Å². The fraction of sp³-hybridized carbons (Fsp3) is 0.600. The van der Waals surface area contributed by atoms with Gasteiger partial charge in [0.05, 0.1) is 6.54 Å². The van der Waals surface area contributed by atoms with Crippen molar-refractivity contribution in [3.63, 3.8) is 0 Å². The summed E-state index contributed by atoms with van der Waals surface area (Å²) in [4.78, 5) is 20.0. The Morgan fingerprint density at radius 3 is 2.77 bits per heavy atom. The zero-order chi connectivity index (χ0) is 18.8. The lowest BCUT2D eigenvalue weighted by atomic mass is 10.2. The van der Waals surface area contributed by atoms with Crippen LogP contribution in [-0.4, -0.2) is 55.2 Å². The first-order valence-corrected chi connectivity index (χ1v) is 10.6. The lowest BCUT2D eigenvalue weighted by Crippen LogP contribution is -2.41. The predicted molar refractivity (Wildman–Crippen MR) is 111 cm³/mol. The Balaban J connectivity index is 1.78. The van der Waals surface area contributed by atoms with E-state index in [9.17, 15) is 4.79 Å². The SMILES string of the molecule is CCNC(=NCCNC(=O)C(C)C)N1CCC(CSc2ccccc2)C1. The minimum Gasteiger partial charge on any atom is -0.357 e. The summed E-state index contributed by atoms with van der Waals surface area (Å²) in [6, 6.07) is 10.6. The Kier molecular flexibility index (Phi) is 8.81. The molecule has 6 heteroatoms. The lowest BCUT2D eigenvalue weighted by molar-refractivity contribution is -0.123. The van der Waals surface area contributed by atoms with Crippen LogP contribution in [0.2, 0.25) is 0 Å². The molecule has 1 aliphatic heterocycles. The van der Waals surface area contributed by atoms with E-state index in [1.165, 1.54) is 11.3 Å². The Morgan fingerprint density at radius 2 is 2.08 bits per heavy atom. The second-order valence-electron chi connectivity index (χ2n) is 6.91. The summed E-state index contributed by atoms with van der Waals surface area (Å²) in [5.74, 6) is 2.91. The smallest absolute Gasteiger partial charge is 0.222 e. The molecular weight excluding hydrogens is 344 g/mol. The van der Waals surface area contributed by atoms with Crippen molar-refractivity contribution in [3.8, 4) is 0 Å². The van der Waals surface area contributed by atoms with Crippen LogP contribution in [-0.2, 0) is 4.79 Å². The van der Waals surface area contributed by atoms with E-state index in [0.29, 0.717) is 19.0 Å². The van der Waals surface area contributed by atoms with Gasteiger partial charge in [0.15, 0.2) is 5.96 Å². The number of hydrogen-bond donors (Lipinski definition) is 2. The third-order valence-corrected chi connectivity index (χ3v) is 5.59. The summed E-state index contributed by atoms with van der Waals surface area (Å²) in [6.45, 7) is 10.1. The number of aliphatic imine (C=N–C) groups is 1. The molecule has 1 unspecified atom stereocenters. The predicted octanol–water partition coefficient (Wildman–Crippen LogP) is 2.84. The van der Waals surface area contributed by atoms with E-state index >= 15 is 0 Å². The number of thioether (sulfide) groups is 1. The minimum absolute atomic E-state index is 0.0219. The van der Waals surface area contributed by atoms with E-state index < -0.39 is 0 Å². The van der Waals surface area contributed by atoms with E-state index in [2.05, 4.69) is 57.8 Å². The number of guanidine groups is 1. The molecule has 1 amide bonds. The summed E-state index contributed by atoms with van der Waals surface area (Å²) in [6.07, 6.45) is 1.20. The van der Waals surface area contributed by atoms with Crippen LogP contribution in [0.4, 0.5) is 0 Å². The quantitative estimate of drug-likeness (QED) is 0.317. The molecule has 1 fully saturated rings. The molecule has 1 aromatic rings. The second kappa shape index (κ2) is 11.1. The van der Waals surface area contributed by atoms with Gasteiger partial charge >= 0.3 is 0 Å². The van der Waals surface area contributed by atoms with Gasteiger partial charge in [-0.1, -0.05) is 32.0 Å². The summed E-state index contributed by atoms with van der Waals surface area (Å²) in [5.41, 5.74) is 0. The summed E-state index contributed by atoms with van der Waals surface area (Å²) < 4.78 is 0. The number of nitrogens with zero attached hydrogens (tertiary/aromatic N) is 2. The maximum Gasteiger partial charge on any atom is 0.222 e. The number of nitrogens with one attached hydrogen (secondary N) is 2. The first-order valence-electron chi connectivity index (χ1n) is 9.59. The Morgan fingerprint density at radius 1 is 1.31 bits per heavy atom. The number of hydrogen-bond acceptors (Lipinski definition) is 3. The van der Waals surface area contributed by atoms with Crippen LogP contribution >= 0.6 is 11.8 Å². The van der Waals surface area contributed by atoms with E-state index in [1.807, 2.05) is 25.6 Å². The highest BCUT2D eigenvalue weighted by atomic mass is 32.2. The van der Waals surface area contributed by atoms with Crippen LogP contribution in [0.5, 0.6) is 0 Å². The molecule has 1 aliphatic rings. The molecule has 0 aromatic heterocycles. The van der Waals surface area contributed by atoms with E-state index in [0.717, 1.165) is 31.3 Å². The van der Waals surface area contributed by atoms with Crippen LogP contribution in [0.1, 0.15) is 27.2 Å². The summed E-state index contributed by atoms with van der Waals surface area (Å²) in [5, 5.41) is 6.31. The Labute approximate surface area is 162 Å². The molecule has 0 bridgehead atoms. The van der Waals surface area contributed by atoms with Crippen molar-refractivity contribution in [2.75, 3.05) is 38.5 Å². The highest BCUT2D eigenvalue weighted by molar-refractivity contribution is 7.99. The topological polar surface area (TPSA) is 56.7 Å². The average Bonchev–Trinajstić information content (AvgIpc) is 3.12. The third-order valence-electron chi connectivity index (χ3n) is 4.35. The van der Waals surface area contributed by atoms with Crippen LogP contribution in [0.3, 0.4) is 0 Å². The summed E-state index contributed by atoms with van der Waals surface area (Å²) >= 11 is 1.94. The zero-order valence-corrected chi connectivity index (χ0v) is 17.0. The van der Waals surface area contributed by atoms with Crippen molar-refractivity contribution in [2.45, 2.75) is 32.1 Å². The minimum atomic E-state index is 0.0219. The molecular formula is C20H32N4OS. The highest BCUT2D eigenvalue weighted by Gasteiger charge is 2.24. The standard InChI is InChI=1S/C20H32N4OS/c1-4-21-20(23-12-11-22-19(25)16(2)3)24-13-10-17(14-24)15-26-18-8-6-5-7-9-18/h5-9,16-17H,4,10-15H2,1-3H3,(H,21,23)(H,22,25). The number of amides is 1. The molecule has 0 aliphatic carbocycles. The molecule has 5 nitrogen and oxygen atoms in total. The molecule has 2 rings (SSSR count). The van der Waals surface area contributed by atoms with Gasteiger partial charge in [-0.05, 0) is 31.4 Å². The Hall–Kier alpha value is -1.69. The third kappa shape index (κ3) is 6.90. The molecule has 0 saturated carbocycles. The van der Waals surface area contributed by atoms with Gasteiger partial charge in [-0.3, -0.25) is 9.79 Å². The number of carbonyl (C=O) groups excluding carboxylic acids is 1. The van der Waals surface area contributed by atoms with Crippen molar-refractivity contribution in [1.29, 1.82) is 0 Å². The zero-order valence-electron chi connectivity index (χ0n) is 16.2. The number of rotatable bonds is 8. The molecule has 2 N–H and O–H groups in total. The number of likely N-dealkylation sites (tertiary alicyclic amines) is 1. The van der Waals surface area contributed by atoms with Gasteiger partial charge < -0.3 is 15.5 Å². The van der Waals surface area contributed by atoms with Crippen molar-refractivity contribution in [1.82, 2.24) is 15.5 Å². The fourth-order valence-corrected chi connectivity index (χ4v) is 3.91. The lowest BCUT2D eigenvalue weighted by Gasteiger charge is -2.21. The molecule has 144 valence electrons. The van der Waals surface area contributed by atoms with E-state index in [4.69, 9.17) is 0 Å². The largest absolute Gasteiger partial charge is 0.357 e. The van der Waals surface area contributed by atoms with Gasteiger partial charge in [-0.15, -0.1) is 11.8 Å². The summed E-state index contributed by atoms with van der Waals surface area (Å²) in [7, 11) is 0. The van der Waals surface area contributed by atoms with Crippen LogP contribution in [0, 0.1) is 11.8 Å². The molecule has 0 spiro atoms. The number of carbonyl (C=O) groups is 1. The first kappa shape index (κ1) is 20.6. The molecule has 1 atom stereocenters. The van der Waals surface area contributed by atoms with Crippen molar-refractivity contribution in [3.05, 3.63) is 30.3 Å². The van der Waals surface area contributed by atoms with Gasteiger partial charge in [0.25, 0.3) is 0 Å². The molecule has 0 radical (unpaired) electrons. The highest BCUT2D eigenvalue weighted by Crippen LogP contribution is 2.25. The van der Waals surface area contributed by atoms with Gasteiger partial charge in [0.1, 0.15) is 0 Å².